The Morgan fingerprint density at radius 3 is 2.80 bits per heavy atom. The third-order valence-electron chi connectivity index (χ3n) is 4.22. The molecule has 3 N–H and O–H groups in total. The number of methoxy groups -OCH3 is 1. The Balaban J connectivity index is 2.17. The first kappa shape index (κ1) is 15.6. The van der Waals surface area contributed by atoms with Crippen molar-refractivity contribution in [3.8, 4) is 5.75 Å². The molecule has 1 aromatic rings. The van der Waals surface area contributed by atoms with E-state index in [2.05, 4.69) is 19.2 Å². The van der Waals surface area contributed by atoms with Crippen LogP contribution in [0.25, 0.3) is 0 Å². The zero-order chi connectivity index (χ0) is 14.8. The van der Waals surface area contributed by atoms with Gasteiger partial charge in [-0.15, -0.1) is 0 Å². The smallest absolute Gasteiger partial charge is 0.125 e. The van der Waals surface area contributed by atoms with E-state index < -0.39 is 0 Å². The Labute approximate surface area is 126 Å². The van der Waals surface area contributed by atoms with Gasteiger partial charge in [-0.2, -0.15) is 0 Å². The molecule has 1 fully saturated rings. The van der Waals surface area contributed by atoms with E-state index in [4.69, 9.17) is 22.1 Å². The van der Waals surface area contributed by atoms with Crippen LogP contribution < -0.4 is 15.8 Å². The SMILES string of the molecule is COc1cccc(Cl)c1C(CN)NC1CCC(C)(C)C1. The number of hydrogen-bond donors (Lipinski definition) is 2. The number of rotatable bonds is 5. The Bertz CT molecular complexity index is 462. The third-order valence-corrected chi connectivity index (χ3v) is 4.55. The fourth-order valence-electron chi connectivity index (χ4n) is 3.17. The van der Waals surface area contributed by atoms with Gasteiger partial charge in [-0.1, -0.05) is 31.5 Å². The first-order chi connectivity index (χ1) is 9.46. The van der Waals surface area contributed by atoms with Crippen molar-refractivity contribution >= 4 is 11.6 Å². The Hall–Kier alpha value is -0.770. The van der Waals surface area contributed by atoms with Crippen LogP contribution in [0.1, 0.15) is 44.7 Å². The Kier molecular flexibility index (Phi) is 4.95. The minimum Gasteiger partial charge on any atom is -0.496 e. The molecule has 0 saturated heterocycles. The number of ether oxygens (including phenoxy) is 1. The van der Waals surface area contributed by atoms with Crippen molar-refractivity contribution < 1.29 is 4.74 Å². The molecule has 0 aliphatic heterocycles. The molecule has 0 bridgehead atoms. The van der Waals surface area contributed by atoms with Gasteiger partial charge in [0, 0.05) is 29.2 Å². The Morgan fingerprint density at radius 2 is 2.25 bits per heavy atom. The average Bonchev–Trinajstić information content (AvgIpc) is 2.75. The highest BCUT2D eigenvalue weighted by Crippen LogP contribution is 2.39. The van der Waals surface area contributed by atoms with E-state index in [0.29, 0.717) is 23.0 Å². The van der Waals surface area contributed by atoms with E-state index in [1.165, 1.54) is 19.3 Å². The fourth-order valence-corrected chi connectivity index (χ4v) is 3.46. The summed E-state index contributed by atoms with van der Waals surface area (Å²) in [6, 6.07) is 6.26. The highest BCUT2D eigenvalue weighted by atomic mass is 35.5. The molecule has 0 spiro atoms. The number of halogens is 1. The maximum Gasteiger partial charge on any atom is 0.125 e. The zero-order valence-electron chi connectivity index (χ0n) is 12.6. The second-order valence-corrected chi connectivity index (χ2v) is 6.82. The molecule has 1 saturated carbocycles. The van der Waals surface area contributed by atoms with Gasteiger partial charge in [0.1, 0.15) is 5.75 Å². The minimum absolute atomic E-state index is 0.0394. The van der Waals surface area contributed by atoms with Gasteiger partial charge < -0.3 is 15.8 Å². The van der Waals surface area contributed by atoms with Crippen molar-refractivity contribution in [3.63, 3.8) is 0 Å². The summed E-state index contributed by atoms with van der Waals surface area (Å²) in [6.45, 7) is 5.15. The average molecular weight is 297 g/mol. The highest BCUT2D eigenvalue weighted by Gasteiger charge is 2.32. The maximum atomic E-state index is 6.35. The van der Waals surface area contributed by atoms with Gasteiger partial charge in [0.25, 0.3) is 0 Å². The van der Waals surface area contributed by atoms with Crippen molar-refractivity contribution in [2.45, 2.75) is 45.2 Å². The predicted molar refractivity (Wildman–Crippen MR) is 84.4 cm³/mol. The van der Waals surface area contributed by atoms with Crippen LogP contribution >= 0.6 is 11.6 Å². The van der Waals surface area contributed by atoms with Crippen molar-refractivity contribution in [1.82, 2.24) is 5.32 Å². The third kappa shape index (κ3) is 3.46. The lowest BCUT2D eigenvalue weighted by Crippen LogP contribution is -2.36. The van der Waals surface area contributed by atoms with Gasteiger partial charge in [0.15, 0.2) is 0 Å². The highest BCUT2D eigenvalue weighted by molar-refractivity contribution is 6.31. The van der Waals surface area contributed by atoms with E-state index in [-0.39, 0.29) is 6.04 Å². The number of nitrogens with one attached hydrogen (secondary N) is 1. The van der Waals surface area contributed by atoms with Crippen LogP contribution in [0, 0.1) is 5.41 Å². The molecule has 20 heavy (non-hydrogen) atoms. The van der Waals surface area contributed by atoms with Crippen molar-refractivity contribution in [3.05, 3.63) is 28.8 Å². The second-order valence-electron chi connectivity index (χ2n) is 6.41. The molecule has 2 unspecified atom stereocenters. The lowest BCUT2D eigenvalue weighted by atomic mass is 9.91. The second kappa shape index (κ2) is 6.33. The number of hydrogen-bond acceptors (Lipinski definition) is 3. The zero-order valence-corrected chi connectivity index (χ0v) is 13.3. The number of nitrogens with two attached hydrogens (primary N) is 1. The van der Waals surface area contributed by atoms with E-state index >= 15 is 0 Å². The molecule has 3 nitrogen and oxygen atoms in total. The molecule has 0 radical (unpaired) electrons. The molecule has 0 amide bonds. The summed E-state index contributed by atoms with van der Waals surface area (Å²) >= 11 is 6.35. The summed E-state index contributed by atoms with van der Waals surface area (Å²) < 4.78 is 5.43. The lowest BCUT2D eigenvalue weighted by Gasteiger charge is -2.25. The first-order valence-corrected chi connectivity index (χ1v) is 7.63. The minimum atomic E-state index is 0.0394. The van der Waals surface area contributed by atoms with Crippen LogP contribution in [0.5, 0.6) is 5.75 Å². The normalized spacial score (nSPS) is 22.8. The standard InChI is InChI=1S/C16H25ClN2O/c1-16(2)8-7-11(9-16)19-13(10-18)15-12(17)5-4-6-14(15)20-3/h4-6,11,13,19H,7-10,18H2,1-3H3. The van der Waals surface area contributed by atoms with Gasteiger partial charge in [0.05, 0.1) is 7.11 Å². The number of benzene rings is 1. The van der Waals surface area contributed by atoms with Crippen molar-refractivity contribution in [1.29, 1.82) is 0 Å². The van der Waals surface area contributed by atoms with Crippen LogP contribution in [0.4, 0.5) is 0 Å². The van der Waals surface area contributed by atoms with Crippen LogP contribution in [-0.4, -0.2) is 19.7 Å². The monoisotopic (exact) mass is 296 g/mol. The van der Waals surface area contributed by atoms with Crippen LogP contribution in [-0.2, 0) is 0 Å². The van der Waals surface area contributed by atoms with E-state index in [1.807, 2.05) is 18.2 Å². The van der Waals surface area contributed by atoms with Crippen LogP contribution in [0.2, 0.25) is 5.02 Å². The van der Waals surface area contributed by atoms with E-state index in [9.17, 15) is 0 Å². The maximum absolute atomic E-state index is 6.35. The largest absolute Gasteiger partial charge is 0.496 e. The van der Waals surface area contributed by atoms with Gasteiger partial charge in [0.2, 0.25) is 0 Å². The summed E-state index contributed by atoms with van der Waals surface area (Å²) in [7, 11) is 1.67. The van der Waals surface area contributed by atoms with Gasteiger partial charge in [-0.05, 0) is 36.8 Å². The van der Waals surface area contributed by atoms with Gasteiger partial charge in [-0.3, -0.25) is 0 Å². The molecule has 1 aromatic carbocycles. The molecule has 2 rings (SSSR count). The molecule has 112 valence electrons. The first-order valence-electron chi connectivity index (χ1n) is 7.25. The summed E-state index contributed by atoms with van der Waals surface area (Å²) in [5.74, 6) is 0.803. The van der Waals surface area contributed by atoms with Crippen molar-refractivity contribution in [2.75, 3.05) is 13.7 Å². The molecule has 1 aliphatic carbocycles. The summed E-state index contributed by atoms with van der Waals surface area (Å²) in [4.78, 5) is 0. The van der Waals surface area contributed by atoms with Gasteiger partial charge >= 0.3 is 0 Å². The van der Waals surface area contributed by atoms with Crippen molar-refractivity contribution in [2.24, 2.45) is 11.1 Å². The topological polar surface area (TPSA) is 47.3 Å². The van der Waals surface area contributed by atoms with Crippen LogP contribution in [0.15, 0.2) is 18.2 Å². The fraction of sp³-hybridized carbons (Fsp3) is 0.625. The summed E-state index contributed by atoms with van der Waals surface area (Å²) in [5.41, 5.74) is 7.36. The summed E-state index contributed by atoms with van der Waals surface area (Å²) in [6.07, 6.45) is 3.62. The molecular weight excluding hydrogens is 272 g/mol. The molecule has 1 aliphatic rings. The predicted octanol–water partition coefficient (Wildman–Crippen LogP) is 3.52. The molecule has 2 atom stereocenters. The van der Waals surface area contributed by atoms with Gasteiger partial charge in [-0.25, -0.2) is 0 Å². The van der Waals surface area contributed by atoms with E-state index in [0.717, 1.165) is 11.3 Å². The molecule has 0 heterocycles. The van der Waals surface area contributed by atoms with Crippen LogP contribution in [0.3, 0.4) is 0 Å². The quantitative estimate of drug-likeness (QED) is 0.874. The summed E-state index contributed by atoms with van der Waals surface area (Å²) in [5, 5.41) is 4.38. The van der Waals surface area contributed by atoms with E-state index in [1.54, 1.807) is 7.11 Å². The lowest BCUT2D eigenvalue weighted by molar-refractivity contribution is 0.349. The molecule has 0 aromatic heterocycles. The Morgan fingerprint density at radius 1 is 1.50 bits per heavy atom. The molecule has 4 heteroatoms. The molecular formula is C16H25ClN2O.